The topological polar surface area (TPSA) is 81.9 Å². The van der Waals surface area contributed by atoms with E-state index < -0.39 is 0 Å². The number of carbonyl (C=O) groups excluding carboxylic acids is 1. The van der Waals surface area contributed by atoms with Crippen molar-refractivity contribution < 1.29 is 9.53 Å². The molecule has 7 heteroatoms. The van der Waals surface area contributed by atoms with Gasteiger partial charge < -0.3 is 14.6 Å². The summed E-state index contributed by atoms with van der Waals surface area (Å²) in [5.74, 6) is 1.23. The first kappa shape index (κ1) is 16.6. The number of anilines is 1. The quantitative estimate of drug-likeness (QED) is 0.696. The van der Waals surface area contributed by atoms with Gasteiger partial charge in [-0.15, -0.1) is 10.2 Å². The molecule has 1 aromatic carbocycles. The summed E-state index contributed by atoms with van der Waals surface area (Å²) in [6.07, 6.45) is 3.45. The molecular formula is C18H19N5O2. The Bertz CT molecular complexity index is 861. The normalized spacial score (nSPS) is 10.5. The first-order chi connectivity index (χ1) is 12.2. The van der Waals surface area contributed by atoms with Crippen LogP contribution in [0.1, 0.15) is 23.1 Å². The Morgan fingerprint density at radius 2 is 2.00 bits per heavy atom. The average molecular weight is 337 g/mol. The van der Waals surface area contributed by atoms with E-state index in [2.05, 4.69) is 20.5 Å². The third kappa shape index (κ3) is 3.82. The molecule has 0 atom stereocenters. The van der Waals surface area contributed by atoms with Crippen LogP contribution in [0.5, 0.6) is 0 Å². The van der Waals surface area contributed by atoms with Crippen molar-refractivity contribution in [1.29, 1.82) is 0 Å². The molecule has 0 fully saturated rings. The smallest absolute Gasteiger partial charge is 0.338 e. The van der Waals surface area contributed by atoms with Gasteiger partial charge in [-0.25, -0.2) is 4.79 Å². The summed E-state index contributed by atoms with van der Waals surface area (Å²) in [7, 11) is 1.92. The van der Waals surface area contributed by atoms with Gasteiger partial charge in [0.1, 0.15) is 0 Å². The van der Waals surface area contributed by atoms with Crippen molar-refractivity contribution >= 4 is 11.7 Å². The molecule has 3 rings (SSSR count). The van der Waals surface area contributed by atoms with E-state index in [4.69, 9.17) is 4.74 Å². The van der Waals surface area contributed by atoms with Crippen LogP contribution >= 0.6 is 0 Å². The molecule has 0 bridgehead atoms. The van der Waals surface area contributed by atoms with Crippen molar-refractivity contribution in [3.63, 3.8) is 0 Å². The Morgan fingerprint density at radius 3 is 2.76 bits per heavy atom. The zero-order valence-electron chi connectivity index (χ0n) is 14.1. The lowest BCUT2D eigenvalue weighted by Gasteiger charge is -2.08. The second-order valence-corrected chi connectivity index (χ2v) is 5.39. The van der Waals surface area contributed by atoms with Gasteiger partial charge in [-0.3, -0.25) is 4.98 Å². The lowest BCUT2D eigenvalue weighted by atomic mass is 10.2. The van der Waals surface area contributed by atoms with Crippen LogP contribution in [0.3, 0.4) is 0 Å². The molecule has 1 N–H and O–H groups in total. The van der Waals surface area contributed by atoms with Crippen LogP contribution in [0.25, 0.3) is 11.4 Å². The van der Waals surface area contributed by atoms with E-state index in [-0.39, 0.29) is 5.97 Å². The number of esters is 1. The minimum absolute atomic E-state index is 0.329. The number of pyridine rings is 1. The second-order valence-electron chi connectivity index (χ2n) is 5.39. The average Bonchev–Trinajstić information content (AvgIpc) is 3.02. The van der Waals surface area contributed by atoms with Gasteiger partial charge in [0.2, 0.25) is 0 Å². The van der Waals surface area contributed by atoms with E-state index in [9.17, 15) is 4.79 Å². The summed E-state index contributed by atoms with van der Waals surface area (Å²) in [6, 6.07) is 11.0. The Morgan fingerprint density at radius 1 is 1.20 bits per heavy atom. The van der Waals surface area contributed by atoms with E-state index in [0.29, 0.717) is 18.7 Å². The molecule has 0 radical (unpaired) electrons. The number of carbonyl (C=O) groups is 1. The molecule has 0 saturated heterocycles. The maximum Gasteiger partial charge on any atom is 0.338 e. The van der Waals surface area contributed by atoms with Crippen LogP contribution in [0.4, 0.5) is 5.69 Å². The molecule has 25 heavy (non-hydrogen) atoms. The first-order valence-electron chi connectivity index (χ1n) is 7.98. The summed E-state index contributed by atoms with van der Waals surface area (Å²) in [4.78, 5) is 15.8. The standard InChI is InChI=1S/C18H19N5O2/c1-3-25-18(24)14-5-4-6-15(11-14)20-12-16-21-22-17(23(16)2)13-7-9-19-10-8-13/h4-11,20H,3,12H2,1-2H3. The summed E-state index contributed by atoms with van der Waals surface area (Å²) in [5.41, 5.74) is 2.29. The number of aromatic nitrogens is 4. The fourth-order valence-corrected chi connectivity index (χ4v) is 2.42. The molecule has 7 nitrogen and oxygen atoms in total. The monoisotopic (exact) mass is 337 g/mol. The zero-order valence-corrected chi connectivity index (χ0v) is 14.1. The number of benzene rings is 1. The summed E-state index contributed by atoms with van der Waals surface area (Å²) < 4.78 is 6.95. The third-order valence-corrected chi connectivity index (χ3v) is 3.73. The first-order valence-corrected chi connectivity index (χ1v) is 7.98. The van der Waals surface area contributed by atoms with Gasteiger partial charge >= 0.3 is 5.97 Å². The largest absolute Gasteiger partial charge is 0.462 e. The van der Waals surface area contributed by atoms with E-state index in [1.54, 1.807) is 31.5 Å². The van der Waals surface area contributed by atoms with E-state index >= 15 is 0 Å². The number of hydrogen-bond donors (Lipinski definition) is 1. The van der Waals surface area contributed by atoms with Crippen molar-refractivity contribution in [2.75, 3.05) is 11.9 Å². The Kier molecular flexibility index (Phi) is 5.03. The van der Waals surface area contributed by atoms with Crippen LogP contribution < -0.4 is 5.32 Å². The maximum absolute atomic E-state index is 11.8. The number of hydrogen-bond acceptors (Lipinski definition) is 6. The molecule has 0 saturated carbocycles. The molecule has 0 aliphatic heterocycles. The Hall–Kier alpha value is -3.22. The minimum atomic E-state index is -0.329. The van der Waals surface area contributed by atoms with Crippen LogP contribution in [0.15, 0.2) is 48.8 Å². The highest BCUT2D eigenvalue weighted by Crippen LogP contribution is 2.17. The summed E-state index contributed by atoms with van der Waals surface area (Å²) in [5, 5.41) is 11.7. The van der Waals surface area contributed by atoms with Crippen molar-refractivity contribution in [3.8, 4) is 11.4 Å². The molecular weight excluding hydrogens is 318 g/mol. The van der Waals surface area contributed by atoms with Crippen molar-refractivity contribution in [1.82, 2.24) is 19.7 Å². The molecule has 0 spiro atoms. The fraction of sp³-hybridized carbons (Fsp3) is 0.222. The number of ether oxygens (including phenoxy) is 1. The molecule has 3 aromatic rings. The molecule has 128 valence electrons. The Balaban J connectivity index is 1.71. The van der Waals surface area contributed by atoms with Gasteiger partial charge in [0.25, 0.3) is 0 Å². The van der Waals surface area contributed by atoms with Crippen LogP contribution in [-0.4, -0.2) is 32.3 Å². The fourth-order valence-electron chi connectivity index (χ4n) is 2.42. The number of nitrogens with zero attached hydrogens (tertiary/aromatic N) is 4. The predicted molar refractivity (Wildman–Crippen MR) is 94.0 cm³/mol. The molecule has 0 aliphatic rings. The second kappa shape index (κ2) is 7.57. The van der Waals surface area contributed by atoms with Gasteiger partial charge in [-0.05, 0) is 37.3 Å². The van der Waals surface area contributed by atoms with Crippen molar-refractivity contribution in [3.05, 3.63) is 60.2 Å². The summed E-state index contributed by atoms with van der Waals surface area (Å²) in [6.45, 7) is 2.63. The molecule has 0 unspecified atom stereocenters. The molecule has 2 heterocycles. The maximum atomic E-state index is 11.8. The van der Waals surface area contributed by atoms with Gasteiger partial charge in [0, 0.05) is 30.7 Å². The van der Waals surface area contributed by atoms with Crippen molar-refractivity contribution in [2.24, 2.45) is 7.05 Å². The molecule has 0 aliphatic carbocycles. The molecule has 0 amide bonds. The van der Waals surface area contributed by atoms with Gasteiger partial charge in [0.05, 0.1) is 18.7 Å². The number of rotatable bonds is 6. The van der Waals surface area contributed by atoms with Crippen molar-refractivity contribution in [2.45, 2.75) is 13.5 Å². The summed E-state index contributed by atoms with van der Waals surface area (Å²) >= 11 is 0. The Labute approximate surface area is 145 Å². The predicted octanol–water partition coefficient (Wildman–Crippen LogP) is 2.67. The van der Waals surface area contributed by atoms with E-state index in [1.807, 2.05) is 35.9 Å². The third-order valence-electron chi connectivity index (χ3n) is 3.73. The lowest BCUT2D eigenvalue weighted by molar-refractivity contribution is 0.0526. The van der Waals surface area contributed by atoms with Crippen LogP contribution in [-0.2, 0) is 18.3 Å². The highest BCUT2D eigenvalue weighted by molar-refractivity contribution is 5.90. The highest BCUT2D eigenvalue weighted by Gasteiger charge is 2.11. The lowest BCUT2D eigenvalue weighted by Crippen LogP contribution is -2.08. The van der Waals surface area contributed by atoms with E-state index in [0.717, 1.165) is 22.9 Å². The van der Waals surface area contributed by atoms with Gasteiger partial charge in [-0.2, -0.15) is 0 Å². The van der Waals surface area contributed by atoms with Crippen LogP contribution in [0.2, 0.25) is 0 Å². The SMILES string of the molecule is CCOC(=O)c1cccc(NCc2nnc(-c3ccncc3)n2C)c1. The zero-order chi connectivity index (χ0) is 17.6. The van der Waals surface area contributed by atoms with Crippen LogP contribution in [0, 0.1) is 0 Å². The minimum Gasteiger partial charge on any atom is -0.462 e. The highest BCUT2D eigenvalue weighted by atomic mass is 16.5. The molecule has 2 aromatic heterocycles. The van der Waals surface area contributed by atoms with Gasteiger partial charge in [-0.1, -0.05) is 6.07 Å². The van der Waals surface area contributed by atoms with Gasteiger partial charge in [0.15, 0.2) is 11.6 Å². The van der Waals surface area contributed by atoms with E-state index in [1.165, 1.54) is 0 Å². The number of nitrogens with one attached hydrogen (secondary N) is 1.